The van der Waals surface area contributed by atoms with Crippen LogP contribution in [0.25, 0.3) is 0 Å². The summed E-state index contributed by atoms with van der Waals surface area (Å²) < 4.78 is 5.05. The molecular formula is C16H20N4O3. The van der Waals surface area contributed by atoms with E-state index >= 15 is 0 Å². The number of nitrogens with zero attached hydrogens (tertiary/aromatic N) is 2. The fraction of sp³-hybridized carbons (Fsp3) is 0.438. The number of benzene rings is 1. The lowest BCUT2D eigenvalue weighted by molar-refractivity contribution is -0.127. The second kappa shape index (κ2) is 8.03. The summed E-state index contributed by atoms with van der Waals surface area (Å²) in [5.74, 6) is 0.658. The van der Waals surface area contributed by atoms with Crippen molar-refractivity contribution in [3.63, 3.8) is 0 Å². The Morgan fingerprint density at radius 2 is 2.30 bits per heavy atom. The summed E-state index contributed by atoms with van der Waals surface area (Å²) in [5.41, 5.74) is 0.882. The summed E-state index contributed by atoms with van der Waals surface area (Å²) in [5, 5.41) is 14.4. The third-order valence-electron chi connectivity index (χ3n) is 3.64. The number of urea groups is 1. The minimum absolute atomic E-state index is 0.191. The monoisotopic (exact) mass is 316 g/mol. The minimum Gasteiger partial charge on any atom is -0.495 e. The molecule has 1 aliphatic heterocycles. The van der Waals surface area contributed by atoms with Gasteiger partial charge in [0.15, 0.2) is 0 Å². The summed E-state index contributed by atoms with van der Waals surface area (Å²) in [6.07, 6.45) is 2.27. The molecule has 0 radical (unpaired) electrons. The zero-order valence-corrected chi connectivity index (χ0v) is 13.1. The molecule has 7 heteroatoms. The summed E-state index contributed by atoms with van der Waals surface area (Å²) in [6, 6.07) is 6.53. The second-order valence-electron chi connectivity index (χ2n) is 5.25. The Balaban J connectivity index is 1.74. The van der Waals surface area contributed by atoms with E-state index in [1.54, 1.807) is 18.2 Å². The van der Waals surface area contributed by atoms with Crippen molar-refractivity contribution in [3.05, 3.63) is 23.8 Å². The average molecular weight is 316 g/mol. The van der Waals surface area contributed by atoms with Gasteiger partial charge in [0.25, 0.3) is 0 Å². The van der Waals surface area contributed by atoms with E-state index in [0.29, 0.717) is 42.9 Å². The zero-order valence-electron chi connectivity index (χ0n) is 13.1. The summed E-state index contributed by atoms with van der Waals surface area (Å²) in [4.78, 5) is 25.1. The van der Waals surface area contributed by atoms with Crippen molar-refractivity contribution < 1.29 is 14.3 Å². The maximum absolute atomic E-state index is 11.8. The van der Waals surface area contributed by atoms with E-state index in [1.165, 1.54) is 7.11 Å². The Morgan fingerprint density at radius 1 is 1.48 bits per heavy atom. The summed E-state index contributed by atoms with van der Waals surface area (Å²) >= 11 is 0. The van der Waals surface area contributed by atoms with Crippen molar-refractivity contribution in [2.75, 3.05) is 32.1 Å². The molecule has 3 amide bonds. The van der Waals surface area contributed by atoms with Crippen LogP contribution in [0.15, 0.2) is 18.2 Å². The topological polar surface area (TPSA) is 94.5 Å². The first-order valence-electron chi connectivity index (χ1n) is 7.55. The zero-order chi connectivity index (χ0) is 16.7. The van der Waals surface area contributed by atoms with Crippen LogP contribution in [0.4, 0.5) is 10.5 Å². The van der Waals surface area contributed by atoms with Crippen LogP contribution in [0, 0.1) is 11.3 Å². The van der Waals surface area contributed by atoms with E-state index in [9.17, 15) is 9.59 Å². The van der Waals surface area contributed by atoms with Crippen molar-refractivity contribution in [3.8, 4) is 11.8 Å². The molecule has 0 unspecified atom stereocenters. The van der Waals surface area contributed by atoms with Crippen LogP contribution < -0.4 is 15.4 Å². The highest BCUT2D eigenvalue weighted by molar-refractivity contribution is 5.89. The number of ether oxygens (including phenoxy) is 1. The normalized spacial score (nSPS) is 13.6. The number of nitrogens with one attached hydrogen (secondary N) is 2. The van der Waals surface area contributed by atoms with E-state index in [4.69, 9.17) is 10.00 Å². The van der Waals surface area contributed by atoms with Crippen molar-refractivity contribution in [2.45, 2.75) is 19.3 Å². The number of rotatable bonds is 6. The van der Waals surface area contributed by atoms with Gasteiger partial charge in [-0.25, -0.2) is 4.79 Å². The SMILES string of the molecule is COc1ccc(NC(=O)NCCCN2CCCC2=O)cc1C#N. The predicted octanol–water partition coefficient (Wildman–Crippen LogP) is 1.70. The van der Waals surface area contributed by atoms with Gasteiger partial charge in [-0.2, -0.15) is 5.26 Å². The third-order valence-corrected chi connectivity index (χ3v) is 3.64. The smallest absolute Gasteiger partial charge is 0.319 e. The maximum atomic E-state index is 11.8. The van der Waals surface area contributed by atoms with Gasteiger partial charge < -0.3 is 20.3 Å². The Hall–Kier alpha value is -2.75. The molecule has 122 valence electrons. The third kappa shape index (κ3) is 4.61. The van der Waals surface area contributed by atoms with Crippen LogP contribution in [-0.2, 0) is 4.79 Å². The standard InChI is InChI=1S/C16H20N4O3/c1-23-14-6-5-13(10-12(14)11-17)19-16(22)18-7-3-9-20-8-2-4-15(20)21/h5-6,10H,2-4,7-9H2,1H3,(H2,18,19,22). The highest BCUT2D eigenvalue weighted by Crippen LogP contribution is 2.21. The fourth-order valence-corrected chi connectivity index (χ4v) is 2.46. The predicted molar refractivity (Wildman–Crippen MR) is 85.2 cm³/mol. The molecule has 2 rings (SSSR count). The first-order valence-corrected chi connectivity index (χ1v) is 7.55. The Kier molecular flexibility index (Phi) is 5.80. The minimum atomic E-state index is -0.341. The van der Waals surface area contributed by atoms with Gasteiger partial charge in [0.05, 0.1) is 12.7 Å². The number of hydrogen-bond donors (Lipinski definition) is 2. The van der Waals surface area contributed by atoms with Crippen LogP contribution in [0.5, 0.6) is 5.75 Å². The molecule has 2 N–H and O–H groups in total. The van der Waals surface area contributed by atoms with E-state index in [0.717, 1.165) is 13.0 Å². The van der Waals surface area contributed by atoms with Gasteiger partial charge >= 0.3 is 6.03 Å². The number of likely N-dealkylation sites (tertiary alicyclic amines) is 1. The maximum Gasteiger partial charge on any atom is 0.319 e. The number of hydrogen-bond acceptors (Lipinski definition) is 4. The summed E-state index contributed by atoms with van der Waals surface area (Å²) in [6.45, 7) is 1.96. The van der Waals surface area contributed by atoms with Gasteiger partial charge in [0, 0.05) is 31.7 Å². The number of nitriles is 1. The molecule has 0 bridgehead atoms. The number of anilines is 1. The lowest BCUT2D eigenvalue weighted by Gasteiger charge is -2.15. The average Bonchev–Trinajstić information content (AvgIpc) is 2.96. The molecule has 0 saturated carbocycles. The molecule has 1 aliphatic rings. The number of carbonyl (C=O) groups excluding carboxylic acids is 2. The lowest BCUT2D eigenvalue weighted by atomic mass is 10.2. The van der Waals surface area contributed by atoms with E-state index in [-0.39, 0.29) is 11.9 Å². The van der Waals surface area contributed by atoms with E-state index in [2.05, 4.69) is 10.6 Å². The van der Waals surface area contributed by atoms with Crippen LogP contribution in [-0.4, -0.2) is 43.6 Å². The second-order valence-corrected chi connectivity index (χ2v) is 5.25. The van der Waals surface area contributed by atoms with Crippen molar-refractivity contribution in [1.82, 2.24) is 10.2 Å². The molecule has 0 aromatic heterocycles. The Morgan fingerprint density at radius 3 is 2.96 bits per heavy atom. The van der Waals surface area contributed by atoms with Crippen LogP contribution >= 0.6 is 0 Å². The number of carbonyl (C=O) groups is 2. The molecule has 0 atom stereocenters. The molecule has 7 nitrogen and oxygen atoms in total. The number of amides is 3. The highest BCUT2D eigenvalue weighted by atomic mass is 16.5. The van der Waals surface area contributed by atoms with Crippen LogP contribution in [0.2, 0.25) is 0 Å². The molecule has 1 aromatic carbocycles. The van der Waals surface area contributed by atoms with Crippen LogP contribution in [0.3, 0.4) is 0 Å². The van der Waals surface area contributed by atoms with Gasteiger partial charge in [0.2, 0.25) is 5.91 Å². The molecule has 1 heterocycles. The van der Waals surface area contributed by atoms with Crippen molar-refractivity contribution in [2.24, 2.45) is 0 Å². The van der Waals surface area contributed by atoms with Crippen molar-refractivity contribution in [1.29, 1.82) is 5.26 Å². The van der Waals surface area contributed by atoms with Crippen LogP contribution in [0.1, 0.15) is 24.8 Å². The van der Waals surface area contributed by atoms with E-state index in [1.807, 2.05) is 11.0 Å². The largest absolute Gasteiger partial charge is 0.495 e. The van der Waals surface area contributed by atoms with Gasteiger partial charge in [-0.05, 0) is 31.0 Å². The van der Waals surface area contributed by atoms with Gasteiger partial charge in [-0.3, -0.25) is 4.79 Å². The number of methoxy groups -OCH3 is 1. The Bertz CT molecular complexity index is 624. The molecule has 0 spiro atoms. The fourth-order valence-electron chi connectivity index (χ4n) is 2.46. The first kappa shape index (κ1) is 16.6. The van der Waals surface area contributed by atoms with E-state index < -0.39 is 0 Å². The highest BCUT2D eigenvalue weighted by Gasteiger charge is 2.19. The molecular weight excluding hydrogens is 296 g/mol. The lowest BCUT2D eigenvalue weighted by Crippen LogP contribution is -2.33. The van der Waals surface area contributed by atoms with Crippen molar-refractivity contribution >= 4 is 17.6 Å². The first-order chi connectivity index (χ1) is 11.1. The molecule has 1 saturated heterocycles. The molecule has 1 fully saturated rings. The van der Waals surface area contributed by atoms with Gasteiger partial charge in [-0.1, -0.05) is 0 Å². The van der Waals surface area contributed by atoms with Gasteiger partial charge in [-0.15, -0.1) is 0 Å². The molecule has 0 aliphatic carbocycles. The quantitative estimate of drug-likeness (QED) is 0.781. The molecule has 1 aromatic rings. The molecule has 23 heavy (non-hydrogen) atoms. The summed E-state index contributed by atoms with van der Waals surface area (Å²) in [7, 11) is 1.49. The Labute approximate surface area is 135 Å². The van der Waals surface area contributed by atoms with Gasteiger partial charge in [0.1, 0.15) is 11.8 Å².